The number of phenolic OH excluding ortho intramolecular Hbond substituents is 1. The van der Waals surface area contributed by atoms with Gasteiger partial charge in [-0.2, -0.15) is 0 Å². The van der Waals surface area contributed by atoms with Gasteiger partial charge in [0.25, 0.3) is 0 Å². The van der Waals surface area contributed by atoms with Crippen molar-refractivity contribution in [2.45, 2.75) is 26.2 Å². The van der Waals surface area contributed by atoms with Crippen molar-refractivity contribution in [2.75, 3.05) is 19.0 Å². The fraction of sp³-hybridized carbons (Fsp3) is 0.462. The van der Waals surface area contributed by atoms with Crippen LogP contribution in [0.4, 0.5) is 5.69 Å². The maximum absolute atomic E-state index is 11.6. The van der Waals surface area contributed by atoms with Crippen molar-refractivity contribution in [3.63, 3.8) is 0 Å². The van der Waals surface area contributed by atoms with Crippen molar-refractivity contribution in [3.05, 3.63) is 23.8 Å². The quantitative estimate of drug-likeness (QED) is 0.590. The number of benzene rings is 1. The number of anilines is 1. The summed E-state index contributed by atoms with van der Waals surface area (Å²) in [4.78, 5) is 11.6. The standard InChI is InChI=1S/C13H19NO3/c1-10-6-5-7-11(13(10)16)14-12(15)8-3-4-9-17-2/h5-7,16H,3-4,8-9H2,1-2H3,(H,14,15). The number of carbonyl (C=O) groups excluding carboxylic acids is 1. The molecular weight excluding hydrogens is 218 g/mol. The lowest BCUT2D eigenvalue weighted by Crippen LogP contribution is -2.11. The molecule has 0 unspecified atom stereocenters. The number of amides is 1. The molecule has 0 aliphatic carbocycles. The zero-order chi connectivity index (χ0) is 12.7. The van der Waals surface area contributed by atoms with Crippen molar-refractivity contribution in [3.8, 4) is 5.75 Å². The molecular formula is C13H19NO3. The molecule has 4 heteroatoms. The maximum Gasteiger partial charge on any atom is 0.224 e. The van der Waals surface area contributed by atoms with Crippen LogP contribution < -0.4 is 5.32 Å². The lowest BCUT2D eigenvalue weighted by Gasteiger charge is -2.08. The largest absolute Gasteiger partial charge is 0.505 e. The highest BCUT2D eigenvalue weighted by atomic mass is 16.5. The number of carbonyl (C=O) groups is 1. The lowest BCUT2D eigenvalue weighted by molar-refractivity contribution is -0.116. The molecule has 0 aliphatic heterocycles. The van der Waals surface area contributed by atoms with Gasteiger partial charge in [0.15, 0.2) is 0 Å². The van der Waals surface area contributed by atoms with Crippen molar-refractivity contribution >= 4 is 11.6 Å². The fourth-order valence-electron chi connectivity index (χ4n) is 1.50. The second-order valence-corrected chi connectivity index (χ2v) is 3.97. The smallest absolute Gasteiger partial charge is 0.224 e. The van der Waals surface area contributed by atoms with Crippen LogP contribution >= 0.6 is 0 Å². The van der Waals surface area contributed by atoms with Gasteiger partial charge in [0.2, 0.25) is 5.91 Å². The van der Waals surface area contributed by atoms with Crippen LogP contribution in [-0.4, -0.2) is 24.7 Å². The third kappa shape index (κ3) is 4.44. The SMILES string of the molecule is COCCCCC(=O)Nc1cccc(C)c1O. The summed E-state index contributed by atoms with van der Waals surface area (Å²) < 4.78 is 4.91. The first kappa shape index (κ1) is 13.5. The van der Waals surface area contributed by atoms with Gasteiger partial charge in [0, 0.05) is 20.1 Å². The Morgan fingerprint density at radius 1 is 1.41 bits per heavy atom. The second kappa shape index (κ2) is 6.91. The minimum absolute atomic E-state index is 0.0815. The molecule has 0 radical (unpaired) electrons. The van der Waals surface area contributed by atoms with Crippen molar-refractivity contribution in [1.29, 1.82) is 0 Å². The van der Waals surface area contributed by atoms with Crippen molar-refractivity contribution in [1.82, 2.24) is 0 Å². The van der Waals surface area contributed by atoms with Crippen molar-refractivity contribution < 1.29 is 14.6 Å². The summed E-state index contributed by atoms with van der Waals surface area (Å²) in [6.45, 7) is 2.46. The van der Waals surface area contributed by atoms with Crippen LogP contribution in [-0.2, 0) is 9.53 Å². The summed E-state index contributed by atoms with van der Waals surface area (Å²) in [7, 11) is 1.64. The number of aromatic hydroxyl groups is 1. The number of ether oxygens (including phenoxy) is 1. The van der Waals surface area contributed by atoms with Gasteiger partial charge >= 0.3 is 0 Å². The van der Waals surface area contributed by atoms with Gasteiger partial charge in [-0.05, 0) is 31.4 Å². The van der Waals surface area contributed by atoms with E-state index in [9.17, 15) is 9.90 Å². The number of methoxy groups -OCH3 is 1. The van der Waals surface area contributed by atoms with Gasteiger partial charge in [0.05, 0.1) is 5.69 Å². The predicted octanol–water partition coefficient (Wildman–Crippen LogP) is 2.46. The number of phenols is 1. The zero-order valence-electron chi connectivity index (χ0n) is 10.3. The van der Waals surface area contributed by atoms with E-state index in [2.05, 4.69) is 5.32 Å². The normalized spacial score (nSPS) is 10.2. The number of rotatable bonds is 6. The molecule has 0 saturated carbocycles. The first-order valence-corrected chi connectivity index (χ1v) is 5.72. The summed E-state index contributed by atoms with van der Waals surface area (Å²) in [6, 6.07) is 5.29. The van der Waals surface area contributed by atoms with Crippen LogP contribution in [0.1, 0.15) is 24.8 Å². The van der Waals surface area contributed by atoms with Crippen LogP contribution in [0.15, 0.2) is 18.2 Å². The Kier molecular flexibility index (Phi) is 5.49. The van der Waals surface area contributed by atoms with E-state index in [0.29, 0.717) is 18.7 Å². The van der Waals surface area contributed by atoms with Crippen LogP contribution in [0.3, 0.4) is 0 Å². The van der Waals surface area contributed by atoms with Crippen LogP contribution in [0.25, 0.3) is 0 Å². The van der Waals surface area contributed by atoms with E-state index in [-0.39, 0.29) is 11.7 Å². The fourth-order valence-corrected chi connectivity index (χ4v) is 1.50. The Bertz CT molecular complexity index is 377. The van der Waals surface area contributed by atoms with Gasteiger partial charge in [0.1, 0.15) is 5.75 Å². The van der Waals surface area contributed by atoms with E-state index in [1.165, 1.54) is 0 Å². The van der Waals surface area contributed by atoms with Crippen molar-refractivity contribution in [2.24, 2.45) is 0 Å². The number of para-hydroxylation sites is 1. The minimum atomic E-state index is -0.0815. The number of hydrogen-bond acceptors (Lipinski definition) is 3. The molecule has 17 heavy (non-hydrogen) atoms. The van der Waals surface area contributed by atoms with Crippen LogP contribution in [0, 0.1) is 6.92 Å². The molecule has 1 rings (SSSR count). The van der Waals surface area contributed by atoms with Crippen LogP contribution in [0.2, 0.25) is 0 Å². The highest BCUT2D eigenvalue weighted by molar-refractivity contribution is 5.92. The van der Waals surface area contributed by atoms with E-state index >= 15 is 0 Å². The summed E-state index contributed by atoms with van der Waals surface area (Å²) in [6.07, 6.45) is 2.09. The van der Waals surface area contributed by atoms with Gasteiger partial charge in [-0.3, -0.25) is 4.79 Å². The Labute approximate surface area is 102 Å². The number of nitrogens with one attached hydrogen (secondary N) is 1. The minimum Gasteiger partial charge on any atom is -0.505 e. The summed E-state index contributed by atoms with van der Waals surface area (Å²) in [5.41, 5.74) is 1.23. The predicted molar refractivity (Wildman–Crippen MR) is 67.2 cm³/mol. The average molecular weight is 237 g/mol. The molecule has 0 heterocycles. The molecule has 1 aromatic carbocycles. The highest BCUT2D eigenvalue weighted by Crippen LogP contribution is 2.26. The van der Waals surface area contributed by atoms with Gasteiger partial charge < -0.3 is 15.2 Å². The van der Waals surface area contributed by atoms with Gasteiger partial charge in [-0.25, -0.2) is 0 Å². The molecule has 94 valence electrons. The van der Waals surface area contributed by atoms with E-state index in [1.54, 1.807) is 32.2 Å². The Morgan fingerprint density at radius 3 is 2.88 bits per heavy atom. The zero-order valence-corrected chi connectivity index (χ0v) is 10.3. The first-order valence-electron chi connectivity index (χ1n) is 5.72. The summed E-state index contributed by atoms with van der Waals surface area (Å²) in [5, 5.41) is 12.4. The topological polar surface area (TPSA) is 58.6 Å². The van der Waals surface area contributed by atoms with E-state index < -0.39 is 0 Å². The molecule has 0 saturated heterocycles. The molecule has 1 amide bonds. The highest BCUT2D eigenvalue weighted by Gasteiger charge is 2.07. The summed E-state index contributed by atoms with van der Waals surface area (Å²) in [5.74, 6) is 0.0553. The Morgan fingerprint density at radius 2 is 2.18 bits per heavy atom. The van der Waals surface area contributed by atoms with Gasteiger partial charge in [-0.15, -0.1) is 0 Å². The molecule has 0 aromatic heterocycles. The second-order valence-electron chi connectivity index (χ2n) is 3.97. The summed E-state index contributed by atoms with van der Waals surface area (Å²) >= 11 is 0. The average Bonchev–Trinajstić information content (AvgIpc) is 2.31. The van der Waals surface area contributed by atoms with E-state index in [1.807, 2.05) is 0 Å². The lowest BCUT2D eigenvalue weighted by atomic mass is 10.2. The molecule has 1 aromatic rings. The molecule has 2 N–H and O–H groups in total. The van der Waals surface area contributed by atoms with E-state index in [0.717, 1.165) is 18.4 Å². The number of hydrogen-bond donors (Lipinski definition) is 2. The molecule has 0 spiro atoms. The molecule has 0 aliphatic rings. The van der Waals surface area contributed by atoms with Crippen LogP contribution in [0.5, 0.6) is 5.75 Å². The molecule has 4 nitrogen and oxygen atoms in total. The Balaban J connectivity index is 2.43. The molecule has 0 fully saturated rings. The molecule has 0 atom stereocenters. The Hall–Kier alpha value is -1.55. The number of unbranched alkanes of at least 4 members (excludes halogenated alkanes) is 1. The maximum atomic E-state index is 11.6. The third-order valence-electron chi connectivity index (χ3n) is 2.51. The van der Waals surface area contributed by atoms with Gasteiger partial charge in [-0.1, -0.05) is 12.1 Å². The first-order chi connectivity index (χ1) is 8.15. The monoisotopic (exact) mass is 237 g/mol. The van der Waals surface area contributed by atoms with E-state index in [4.69, 9.17) is 4.74 Å². The number of aryl methyl sites for hydroxylation is 1. The third-order valence-corrected chi connectivity index (χ3v) is 2.51. The molecule has 0 bridgehead atoms.